The second-order valence-electron chi connectivity index (χ2n) is 8.37. The van der Waals surface area contributed by atoms with Crippen molar-refractivity contribution in [2.45, 2.75) is 18.6 Å². The first-order chi connectivity index (χ1) is 16.0. The highest BCUT2D eigenvalue weighted by Gasteiger charge is 2.45. The van der Waals surface area contributed by atoms with Crippen LogP contribution in [0.5, 0.6) is 0 Å². The second kappa shape index (κ2) is 8.47. The van der Waals surface area contributed by atoms with E-state index in [2.05, 4.69) is 17.2 Å². The zero-order valence-corrected chi connectivity index (χ0v) is 19.1. The first kappa shape index (κ1) is 21.4. The van der Waals surface area contributed by atoms with Crippen LogP contribution in [-0.4, -0.2) is 12.1 Å². The molecule has 1 aliphatic rings. The van der Waals surface area contributed by atoms with Crippen LogP contribution < -0.4 is 15.7 Å². The number of rotatable bonds is 6. The van der Waals surface area contributed by atoms with E-state index in [1.165, 1.54) is 6.08 Å². The zero-order valence-electron chi connectivity index (χ0n) is 18.2. The number of ether oxygens (including phenoxy) is 1. The van der Waals surface area contributed by atoms with Gasteiger partial charge in [-0.3, -0.25) is 4.57 Å². The van der Waals surface area contributed by atoms with Crippen molar-refractivity contribution in [3.05, 3.63) is 121 Å². The lowest BCUT2D eigenvalue weighted by Gasteiger charge is -2.39. The van der Waals surface area contributed by atoms with Crippen molar-refractivity contribution < 1.29 is 14.1 Å². The molecule has 0 saturated carbocycles. The summed E-state index contributed by atoms with van der Waals surface area (Å²) in [5, 5.41) is 7.06. The van der Waals surface area contributed by atoms with Gasteiger partial charge in [0, 0.05) is 16.7 Å². The van der Waals surface area contributed by atoms with Crippen molar-refractivity contribution in [3.8, 4) is 0 Å². The standard InChI is InChI=1S/C28H24NO3P/c1-28(26-18-19-27(30)32-26,23-17-16-21-10-8-9-11-22(21)20-23)29-33(31,24-12-4-2-5-13-24)25-14-6-3-7-15-25/h2-20,26H,1H3,(H,29,31)/t26-,28+/m1/s1. The quantitative estimate of drug-likeness (QED) is 0.328. The summed E-state index contributed by atoms with van der Waals surface area (Å²) < 4.78 is 20.5. The highest BCUT2D eigenvalue weighted by Crippen LogP contribution is 2.46. The van der Waals surface area contributed by atoms with Crippen molar-refractivity contribution in [2.24, 2.45) is 0 Å². The minimum Gasteiger partial charge on any atom is -0.453 e. The van der Waals surface area contributed by atoms with E-state index in [-0.39, 0.29) is 0 Å². The maximum absolute atomic E-state index is 14.8. The van der Waals surface area contributed by atoms with Gasteiger partial charge >= 0.3 is 5.97 Å². The van der Waals surface area contributed by atoms with E-state index in [4.69, 9.17) is 4.74 Å². The maximum Gasteiger partial charge on any atom is 0.331 e. The molecule has 2 atom stereocenters. The van der Waals surface area contributed by atoms with Crippen molar-refractivity contribution in [2.75, 3.05) is 0 Å². The van der Waals surface area contributed by atoms with Gasteiger partial charge < -0.3 is 4.74 Å². The zero-order chi connectivity index (χ0) is 22.9. The number of cyclic esters (lactones) is 1. The van der Waals surface area contributed by atoms with E-state index in [1.807, 2.05) is 97.9 Å². The molecule has 0 spiro atoms. The van der Waals surface area contributed by atoms with Gasteiger partial charge in [-0.2, -0.15) is 0 Å². The average Bonchev–Trinajstić information content (AvgIpc) is 3.31. The van der Waals surface area contributed by atoms with Crippen LogP contribution >= 0.6 is 7.29 Å². The van der Waals surface area contributed by atoms with Gasteiger partial charge in [-0.1, -0.05) is 72.8 Å². The second-order valence-corrected chi connectivity index (χ2v) is 10.8. The topological polar surface area (TPSA) is 55.4 Å². The van der Waals surface area contributed by atoms with Gasteiger partial charge in [-0.25, -0.2) is 9.88 Å². The number of carbonyl (C=O) groups excluding carboxylic acids is 1. The molecule has 1 heterocycles. The van der Waals surface area contributed by atoms with Crippen LogP contribution in [0.4, 0.5) is 0 Å². The third kappa shape index (κ3) is 3.93. The number of esters is 1. The van der Waals surface area contributed by atoms with Crippen LogP contribution in [0.2, 0.25) is 0 Å². The fourth-order valence-electron chi connectivity index (χ4n) is 4.37. The lowest BCUT2D eigenvalue weighted by Crippen LogP contribution is -2.50. The van der Waals surface area contributed by atoms with Crippen LogP contribution in [0, 0.1) is 0 Å². The molecule has 5 rings (SSSR count). The SMILES string of the molecule is C[C@](NP(=O)(c1ccccc1)c1ccccc1)(c1ccc2ccccc2c1)[C@H]1C=CC(=O)O1. The molecule has 1 aliphatic heterocycles. The van der Waals surface area contributed by atoms with Gasteiger partial charge in [-0.15, -0.1) is 0 Å². The molecule has 0 aromatic heterocycles. The molecule has 1 N–H and O–H groups in total. The van der Waals surface area contributed by atoms with Gasteiger partial charge in [0.05, 0.1) is 5.54 Å². The Bertz CT molecular complexity index is 1340. The molecule has 0 saturated heterocycles. The van der Waals surface area contributed by atoms with Crippen LogP contribution in [0.15, 0.2) is 115 Å². The monoisotopic (exact) mass is 453 g/mol. The van der Waals surface area contributed by atoms with E-state index in [1.54, 1.807) is 6.08 Å². The highest BCUT2D eigenvalue weighted by molar-refractivity contribution is 7.77. The molecule has 33 heavy (non-hydrogen) atoms. The third-order valence-corrected chi connectivity index (χ3v) is 9.03. The van der Waals surface area contributed by atoms with Crippen molar-refractivity contribution >= 4 is 34.6 Å². The Morgan fingerprint density at radius 3 is 1.94 bits per heavy atom. The third-order valence-electron chi connectivity index (χ3n) is 6.20. The van der Waals surface area contributed by atoms with Crippen molar-refractivity contribution in [1.29, 1.82) is 0 Å². The average molecular weight is 453 g/mol. The summed E-state index contributed by atoms with van der Waals surface area (Å²) in [6, 6.07) is 33.1. The Labute approximate surface area is 193 Å². The summed E-state index contributed by atoms with van der Waals surface area (Å²) in [5.74, 6) is -0.400. The molecule has 0 unspecified atom stereocenters. The Hall–Kier alpha value is -3.46. The number of hydrogen-bond acceptors (Lipinski definition) is 3. The molecule has 4 aromatic rings. The molecule has 4 aromatic carbocycles. The van der Waals surface area contributed by atoms with Gasteiger partial charge in [0.2, 0.25) is 7.29 Å². The lowest BCUT2D eigenvalue weighted by atomic mass is 9.86. The predicted octanol–water partition coefficient (Wildman–Crippen LogP) is 5.06. The fraction of sp³-hybridized carbons (Fsp3) is 0.107. The number of benzene rings is 4. The highest BCUT2D eigenvalue weighted by atomic mass is 31.2. The summed E-state index contributed by atoms with van der Waals surface area (Å²) in [6.45, 7) is 1.95. The Morgan fingerprint density at radius 2 is 1.36 bits per heavy atom. The molecular formula is C28H24NO3P. The van der Waals surface area contributed by atoms with Crippen LogP contribution in [0.25, 0.3) is 10.8 Å². The molecule has 4 nitrogen and oxygen atoms in total. The summed E-state index contributed by atoms with van der Waals surface area (Å²) in [7, 11) is -3.32. The first-order valence-corrected chi connectivity index (χ1v) is 12.6. The molecule has 0 bridgehead atoms. The molecule has 0 aliphatic carbocycles. The largest absolute Gasteiger partial charge is 0.453 e. The molecule has 0 amide bonds. The summed E-state index contributed by atoms with van der Waals surface area (Å²) in [6.07, 6.45) is 2.55. The van der Waals surface area contributed by atoms with E-state index in [0.29, 0.717) is 10.6 Å². The van der Waals surface area contributed by atoms with E-state index < -0.39 is 24.9 Å². The van der Waals surface area contributed by atoms with E-state index in [0.717, 1.165) is 16.3 Å². The molecular weight excluding hydrogens is 429 g/mol. The smallest absolute Gasteiger partial charge is 0.331 e. The summed E-state index contributed by atoms with van der Waals surface area (Å²) in [4.78, 5) is 12.0. The van der Waals surface area contributed by atoms with Crippen LogP contribution in [0.1, 0.15) is 12.5 Å². The van der Waals surface area contributed by atoms with Crippen molar-refractivity contribution in [3.63, 3.8) is 0 Å². The van der Waals surface area contributed by atoms with Crippen LogP contribution in [-0.2, 0) is 19.6 Å². The fourth-order valence-corrected chi connectivity index (χ4v) is 7.02. The van der Waals surface area contributed by atoms with E-state index >= 15 is 0 Å². The Kier molecular flexibility index (Phi) is 5.49. The van der Waals surface area contributed by atoms with Gasteiger partial charge in [0.25, 0.3) is 0 Å². The first-order valence-electron chi connectivity index (χ1n) is 10.9. The van der Waals surface area contributed by atoms with Crippen LogP contribution in [0.3, 0.4) is 0 Å². The van der Waals surface area contributed by atoms with Crippen molar-refractivity contribution in [1.82, 2.24) is 5.09 Å². The summed E-state index contributed by atoms with van der Waals surface area (Å²) >= 11 is 0. The normalized spacial score (nSPS) is 17.6. The minimum atomic E-state index is -3.32. The minimum absolute atomic E-state index is 0.400. The number of carbonyl (C=O) groups is 1. The molecule has 164 valence electrons. The molecule has 0 fully saturated rings. The van der Waals surface area contributed by atoms with Gasteiger partial charge in [0.15, 0.2) is 0 Å². The number of fused-ring (bicyclic) bond motifs is 1. The summed E-state index contributed by atoms with van der Waals surface area (Å²) in [5.41, 5.74) is -0.0638. The molecule has 0 radical (unpaired) electrons. The van der Waals surface area contributed by atoms with E-state index in [9.17, 15) is 9.36 Å². The number of hydrogen-bond donors (Lipinski definition) is 1. The predicted molar refractivity (Wildman–Crippen MR) is 133 cm³/mol. The Balaban J connectivity index is 1.69. The number of nitrogens with one attached hydrogen (secondary N) is 1. The lowest BCUT2D eigenvalue weighted by molar-refractivity contribution is -0.141. The van der Waals surface area contributed by atoms with Gasteiger partial charge in [0.1, 0.15) is 6.10 Å². The molecule has 5 heteroatoms. The maximum atomic E-state index is 14.8. The van der Waals surface area contributed by atoms with Gasteiger partial charge in [-0.05, 0) is 59.7 Å². The Morgan fingerprint density at radius 1 is 0.788 bits per heavy atom.